The van der Waals surface area contributed by atoms with Gasteiger partial charge in [-0.1, -0.05) is 13.8 Å². The third kappa shape index (κ3) is 9.93. The van der Waals surface area contributed by atoms with Crippen LogP contribution in [-0.4, -0.2) is 30.7 Å². The fourth-order valence-corrected chi connectivity index (χ4v) is 1.27. The Balaban J connectivity index is 3.65. The molecule has 0 aliphatic carbocycles. The third-order valence-corrected chi connectivity index (χ3v) is 1.97. The number of hydrogen-bond donors (Lipinski definition) is 2. The molecule has 0 aromatic heterocycles. The first-order valence-electron chi connectivity index (χ1n) is 5.87. The summed E-state index contributed by atoms with van der Waals surface area (Å²) in [4.78, 5) is 11.4. The van der Waals surface area contributed by atoms with E-state index in [1.54, 1.807) is 0 Å². The molecule has 0 bridgehead atoms. The van der Waals surface area contributed by atoms with E-state index in [9.17, 15) is 4.79 Å². The van der Waals surface area contributed by atoms with Gasteiger partial charge in [0, 0.05) is 12.6 Å². The van der Waals surface area contributed by atoms with Crippen LogP contribution < -0.4 is 11.1 Å². The van der Waals surface area contributed by atoms with E-state index in [0.29, 0.717) is 12.5 Å². The van der Waals surface area contributed by atoms with Crippen LogP contribution in [0.15, 0.2) is 0 Å². The molecule has 0 aliphatic heterocycles. The Kier molecular flexibility index (Phi) is 6.60. The van der Waals surface area contributed by atoms with Gasteiger partial charge in [0.1, 0.15) is 6.61 Å². The molecule has 96 valence electrons. The summed E-state index contributed by atoms with van der Waals surface area (Å²) in [6.45, 7) is 10.6. The van der Waals surface area contributed by atoms with Crippen molar-refractivity contribution in [2.75, 3.05) is 13.2 Å². The van der Waals surface area contributed by atoms with E-state index in [-0.39, 0.29) is 24.2 Å². The van der Waals surface area contributed by atoms with Crippen molar-refractivity contribution in [2.45, 2.75) is 52.7 Å². The van der Waals surface area contributed by atoms with Gasteiger partial charge in [-0.3, -0.25) is 4.79 Å². The van der Waals surface area contributed by atoms with Crippen molar-refractivity contribution in [2.24, 2.45) is 11.7 Å². The highest BCUT2D eigenvalue weighted by molar-refractivity contribution is 5.77. The zero-order valence-electron chi connectivity index (χ0n) is 11.2. The van der Waals surface area contributed by atoms with Crippen LogP contribution in [-0.2, 0) is 9.53 Å². The summed E-state index contributed by atoms with van der Waals surface area (Å²) in [5.41, 5.74) is 5.57. The van der Waals surface area contributed by atoms with Crippen molar-refractivity contribution in [1.82, 2.24) is 5.32 Å². The minimum absolute atomic E-state index is 0.0265. The summed E-state index contributed by atoms with van der Waals surface area (Å²) in [5.74, 6) is 0.451. The number of amides is 1. The molecule has 1 amide bonds. The molecule has 0 rings (SSSR count). The lowest BCUT2D eigenvalue weighted by Crippen LogP contribution is -2.40. The largest absolute Gasteiger partial charge is 0.366 e. The van der Waals surface area contributed by atoms with Crippen LogP contribution in [0.2, 0.25) is 0 Å². The lowest BCUT2D eigenvalue weighted by atomic mass is 10.0. The van der Waals surface area contributed by atoms with E-state index in [0.717, 1.165) is 6.42 Å². The highest BCUT2D eigenvalue weighted by Gasteiger charge is 2.13. The molecule has 0 aliphatic rings. The van der Waals surface area contributed by atoms with Crippen LogP contribution in [0, 0.1) is 5.92 Å². The van der Waals surface area contributed by atoms with E-state index < -0.39 is 0 Å². The van der Waals surface area contributed by atoms with Crippen molar-refractivity contribution in [1.29, 1.82) is 0 Å². The van der Waals surface area contributed by atoms with E-state index in [4.69, 9.17) is 10.5 Å². The highest BCUT2D eigenvalue weighted by Crippen LogP contribution is 2.05. The summed E-state index contributed by atoms with van der Waals surface area (Å²) in [6.07, 6.45) is 0.917. The van der Waals surface area contributed by atoms with Crippen molar-refractivity contribution in [3.63, 3.8) is 0 Å². The van der Waals surface area contributed by atoms with Gasteiger partial charge in [-0.05, 0) is 33.1 Å². The van der Waals surface area contributed by atoms with Gasteiger partial charge in [0.15, 0.2) is 0 Å². The summed E-state index contributed by atoms with van der Waals surface area (Å²) >= 11 is 0. The molecule has 0 aromatic rings. The Hall–Kier alpha value is -0.610. The first-order valence-corrected chi connectivity index (χ1v) is 5.87. The number of ether oxygens (including phenoxy) is 1. The maximum absolute atomic E-state index is 11.4. The van der Waals surface area contributed by atoms with Gasteiger partial charge in [0.2, 0.25) is 5.91 Å². The molecule has 16 heavy (non-hydrogen) atoms. The maximum Gasteiger partial charge on any atom is 0.246 e. The first-order chi connectivity index (χ1) is 7.20. The fraction of sp³-hybridized carbons (Fsp3) is 0.917. The predicted molar refractivity (Wildman–Crippen MR) is 66.1 cm³/mol. The monoisotopic (exact) mass is 230 g/mol. The summed E-state index contributed by atoms with van der Waals surface area (Å²) in [6, 6.07) is 0.0265. The maximum atomic E-state index is 11.4. The Morgan fingerprint density at radius 2 is 1.94 bits per heavy atom. The summed E-state index contributed by atoms with van der Waals surface area (Å²) < 4.78 is 5.35. The molecule has 1 atom stereocenters. The Morgan fingerprint density at radius 1 is 1.38 bits per heavy atom. The van der Waals surface area contributed by atoms with Crippen molar-refractivity contribution in [3.05, 3.63) is 0 Å². The molecular weight excluding hydrogens is 204 g/mol. The van der Waals surface area contributed by atoms with E-state index >= 15 is 0 Å². The number of nitrogens with two attached hydrogens (primary N) is 1. The molecule has 0 saturated heterocycles. The SMILES string of the molecule is CC(C)CC(N)CNC(=O)COC(C)(C)C. The zero-order chi connectivity index (χ0) is 12.8. The fourth-order valence-electron chi connectivity index (χ4n) is 1.27. The number of carbonyl (C=O) groups is 1. The Bertz CT molecular complexity index is 210. The van der Waals surface area contributed by atoms with Gasteiger partial charge in [-0.25, -0.2) is 0 Å². The quantitative estimate of drug-likeness (QED) is 0.722. The Morgan fingerprint density at radius 3 is 2.38 bits per heavy atom. The number of nitrogens with one attached hydrogen (secondary N) is 1. The second-order valence-electron chi connectivity index (χ2n) is 5.59. The zero-order valence-corrected chi connectivity index (χ0v) is 11.2. The summed E-state index contributed by atoms with van der Waals surface area (Å²) in [7, 11) is 0. The average molecular weight is 230 g/mol. The lowest BCUT2D eigenvalue weighted by molar-refractivity contribution is -0.130. The second-order valence-corrected chi connectivity index (χ2v) is 5.59. The number of rotatable bonds is 6. The topological polar surface area (TPSA) is 64.3 Å². The summed E-state index contributed by atoms with van der Waals surface area (Å²) in [5, 5.41) is 2.77. The predicted octanol–water partition coefficient (Wildman–Crippen LogP) is 1.29. The highest BCUT2D eigenvalue weighted by atomic mass is 16.5. The minimum Gasteiger partial charge on any atom is -0.366 e. The third-order valence-electron chi connectivity index (χ3n) is 1.97. The molecule has 0 saturated carbocycles. The standard InChI is InChI=1S/C12H26N2O2/c1-9(2)6-10(13)7-14-11(15)8-16-12(3,4)5/h9-10H,6-8,13H2,1-5H3,(H,14,15). The van der Waals surface area contributed by atoms with Crippen LogP contribution in [0.3, 0.4) is 0 Å². The van der Waals surface area contributed by atoms with Crippen molar-refractivity contribution >= 4 is 5.91 Å². The minimum atomic E-state index is -0.280. The molecule has 4 nitrogen and oxygen atoms in total. The van der Waals surface area contributed by atoms with E-state index in [1.807, 2.05) is 20.8 Å². The van der Waals surface area contributed by atoms with Crippen molar-refractivity contribution < 1.29 is 9.53 Å². The lowest BCUT2D eigenvalue weighted by Gasteiger charge is -2.20. The van der Waals surface area contributed by atoms with Crippen LogP contribution >= 0.6 is 0 Å². The second kappa shape index (κ2) is 6.86. The van der Waals surface area contributed by atoms with Gasteiger partial charge in [0.05, 0.1) is 5.60 Å². The van der Waals surface area contributed by atoms with Crippen LogP contribution in [0.5, 0.6) is 0 Å². The smallest absolute Gasteiger partial charge is 0.246 e. The van der Waals surface area contributed by atoms with Gasteiger partial charge in [0.25, 0.3) is 0 Å². The molecule has 0 spiro atoms. The van der Waals surface area contributed by atoms with Crippen LogP contribution in [0.25, 0.3) is 0 Å². The van der Waals surface area contributed by atoms with Crippen LogP contribution in [0.1, 0.15) is 41.0 Å². The first kappa shape index (κ1) is 15.4. The molecule has 0 heterocycles. The van der Waals surface area contributed by atoms with Gasteiger partial charge >= 0.3 is 0 Å². The molecule has 3 N–H and O–H groups in total. The van der Waals surface area contributed by atoms with E-state index in [1.165, 1.54) is 0 Å². The average Bonchev–Trinajstić information content (AvgIpc) is 2.09. The normalized spacial score (nSPS) is 13.9. The van der Waals surface area contributed by atoms with Gasteiger partial charge < -0.3 is 15.8 Å². The Labute approximate surface area is 98.9 Å². The molecule has 0 aromatic carbocycles. The molecular formula is C12H26N2O2. The molecule has 4 heteroatoms. The van der Waals surface area contributed by atoms with Crippen LogP contribution in [0.4, 0.5) is 0 Å². The number of hydrogen-bond acceptors (Lipinski definition) is 3. The van der Waals surface area contributed by atoms with E-state index in [2.05, 4.69) is 19.2 Å². The van der Waals surface area contributed by atoms with Crippen molar-refractivity contribution in [3.8, 4) is 0 Å². The molecule has 0 fully saturated rings. The molecule has 0 radical (unpaired) electrons. The number of carbonyl (C=O) groups excluding carboxylic acids is 1. The van der Waals surface area contributed by atoms with Gasteiger partial charge in [-0.15, -0.1) is 0 Å². The molecule has 1 unspecified atom stereocenters. The van der Waals surface area contributed by atoms with Gasteiger partial charge in [-0.2, -0.15) is 0 Å².